The highest BCUT2D eigenvalue weighted by Gasteiger charge is 2.08. The largest absolute Gasteiger partial charge is 0.207 e. The number of rotatable bonds is 1. The molecule has 82 valence electrons. The van der Waals surface area contributed by atoms with Crippen molar-refractivity contribution in [1.82, 2.24) is 10.2 Å². The summed E-state index contributed by atoms with van der Waals surface area (Å²) in [7, 11) is 0. The standard InChI is InChI=1S/C11H7Cl2FN2/c1-6-2-7(4-8(14)3-6)9-5-10(12)15-16-11(9)13/h2-5H,1H3. The van der Waals surface area contributed by atoms with E-state index in [2.05, 4.69) is 10.2 Å². The van der Waals surface area contributed by atoms with E-state index in [1.165, 1.54) is 12.1 Å². The number of halogens is 3. The van der Waals surface area contributed by atoms with Gasteiger partial charge in [0.25, 0.3) is 0 Å². The summed E-state index contributed by atoms with van der Waals surface area (Å²) >= 11 is 11.6. The molecule has 0 radical (unpaired) electrons. The van der Waals surface area contributed by atoms with Crippen LogP contribution in [-0.4, -0.2) is 10.2 Å². The van der Waals surface area contributed by atoms with Gasteiger partial charge in [-0.3, -0.25) is 0 Å². The molecule has 0 saturated carbocycles. The van der Waals surface area contributed by atoms with Crippen LogP contribution in [0.2, 0.25) is 10.3 Å². The summed E-state index contributed by atoms with van der Waals surface area (Å²) in [6.07, 6.45) is 0. The van der Waals surface area contributed by atoms with Gasteiger partial charge >= 0.3 is 0 Å². The van der Waals surface area contributed by atoms with Gasteiger partial charge in [-0.05, 0) is 36.2 Å². The number of hydrogen-bond acceptors (Lipinski definition) is 2. The average Bonchev–Trinajstić information content (AvgIpc) is 2.20. The molecule has 0 saturated heterocycles. The monoisotopic (exact) mass is 256 g/mol. The fourth-order valence-electron chi connectivity index (χ4n) is 1.45. The minimum absolute atomic E-state index is 0.203. The van der Waals surface area contributed by atoms with Crippen molar-refractivity contribution in [1.29, 1.82) is 0 Å². The van der Waals surface area contributed by atoms with Crippen LogP contribution in [0.25, 0.3) is 11.1 Å². The van der Waals surface area contributed by atoms with Crippen molar-refractivity contribution >= 4 is 23.2 Å². The lowest BCUT2D eigenvalue weighted by atomic mass is 10.1. The second-order valence-corrected chi connectivity index (χ2v) is 4.13. The van der Waals surface area contributed by atoms with Gasteiger partial charge in [-0.15, -0.1) is 10.2 Å². The fraction of sp³-hybridized carbons (Fsp3) is 0.0909. The summed E-state index contributed by atoms with van der Waals surface area (Å²) in [5.74, 6) is -0.320. The van der Waals surface area contributed by atoms with Gasteiger partial charge in [-0.1, -0.05) is 29.3 Å². The van der Waals surface area contributed by atoms with Crippen LogP contribution in [0.15, 0.2) is 24.3 Å². The van der Waals surface area contributed by atoms with E-state index in [-0.39, 0.29) is 16.1 Å². The number of benzene rings is 1. The lowest BCUT2D eigenvalue weighted by molar-refractivity contribution is 0.627. The van der Waals surface area contributed by atoms with Gasteiger partial charge < -0.3 is 0 Å². The highest BCUT2D eigenvalue weighted by Crippen LogP contribution is 2.28. The van der Waals surface area contributed by atoms with Gasteiger partial charge in [-0.25, -0.2) is 4.39 Å². The lowest BCUT2D eigenvalue weighted by Gasteiger charge is -2.05. The van der Waals surface area contributed by atoms with Crippen LogP contribution in [0.5, 0.6) is 0 Å². The van der Waals surface area contributed by atoms with Crippen LogP contribution >= 0.6 is 23.2 Å². The van der Waals surface area contributed by atoms with Crippen LogP contribution in [0, 0.1) is 12.7 Å². The highest BCUT2D eigenvalue weighted by molar-refractivity contribution is 6.33. The van der Waals surface area contributed by atoms with Crippen molar-refractivity contribution in [2.24, 2.45) is 0 Å². The van der Waals surface area contributed by atoms with Gasteiger partial charge in [0.2, 0.25) is 0 Å². The zero-order valence-electron chi connectivity index (χ0n) is 8.34. The Bertz CT molecular complexity index is 523. The summed E-state index contributed by atoms with van der Waals surface area (Å²) in [6.45, 7) is 1.80. The van der Waals surface area contributed by atoms with Crippen molar-refractivity contribution < 1.29 is 4.39 Å². The maximum absolute atomic E-state index is 13.2. The summed E-state index contributed by atoms with van der Waals surface area (Å²) in [6, 6.07) is 6.19. The average molecular weight is 257 g/mol. The molecule has 1 aromatic carbocycles. The first-order chi connectivity index (χ1) is 7.56. The van der Waals surface area contributed by atoms with Gasteiger partial charge in [0, 0.05) is 5.56 Å². The molecule has 16 heavy (non-hydrogen) atoms. The molecule has 0 spiro atoms. The molecule has 0 unspecified atom stereocenters. The Balaban J connectivity index is 2.62. The maximum Gasteiger partial charge on any atom is 0.159 e. The van der Waals surface area contributed by atoms with Crippen LogP contribution in [0.4, 0.5) is 4.39 Å². The van der Waals surface area contributed by atoms with Gasteiger partial charge in [0.05, 0.1) is 0 Å². The summed E-state index contributed by atoms with van der Waals surface area (Å²) in [5.41, 5.74) is 2.02. The predicted molar refractivity (Wildman–Crippen MR) is 62.2 cm³/mol. The normalized spacial score (nSPS) is 10.5. The summed E-state index contributed by atoms with van der Waals surface area (Å²) in [5, 5.41) is 7.70. The van der Waals surface area contributed by atoms with Crippen molar-refractivity contribution in [2.75, 3.05) is 0 Å². The molecule has 2 rings (SSSR count). The van der Waals surface area contributed by atoms with Crippen LogP contribution < -0.4 is 0 Å². The van der Waals surface area contributed by atoms with E-state index < -0.39 is 0 Å². The minimum atomic E-state index is -0.320. The quantitative estimate of drug-likeness (QED) is 0.774. The Kier molecular flexibility index (Phi) is 3.08. The van der Waals surface area contributed by atoms with Crippen molar-refractivity contribution in [3.05, 3.63) is 46.0 Å². The molecule has 0 atom stereocenters. The molecule has 0 aliphatic rings. The highest BCUT2D eigenvalue weighted by atomic mass is 35.5. The molecule has 0 bridgehead atoms. The summed E-state index contributed by atoms with van der Waals surface area (Å²) in [4.78, 5) is 0. The van der Waals surface area contributed by atoms with Crippen molar-refractivity contribution in [3.63, 3.8) is 0 Å². The Morgan fingerprint density at radius 3 is 2.50 bits per heavy atom. The Hall–Kier alpha value is -1.19. The minimum Gasteiger partial charge on any atom is -0.207 e. The molecule has 1 aromatic heterocycles. The second-order valence-electron chi connectivity index (χ2n) is 3.39. The van der Waals surface area contributed by atoms with Crippen molar-refractivity contribution in [3.8, 4) is 11.1 Å². The molecule has 5 heteroatoms. The lowest BCUT2D eigenvalue weighted by Crippen LogP contribution is -1.89. The molecule has 0 aliphatic carbocycles. The SMILES string of the molecule is Cc1cc(F)cc(-c2cc(Cl)nnc2Cl)c1. The molecule has 0 amide bonds. The fourth-order valence-corrected chi connectivity index (χ4v) is 1.80. The van der Waals surface area contributed by atoms with E-state index in [1.807, 2.05) is 6.07 Å². The first-order valence-corrected chi connectivity index (χ1v) is 5.28. The molecular formula is C11H7Cl2FN2. The zero-order chi connectivity index (χ0) is 11.7. The first kappa shape index (κ1) is 11.3. The molecule has 0 N–H and O–H groups in total. The number of aryl methyl sites for hydroxylation is 1. The zero-order valence-corrected chi connectivity index (χ0v) is 9.85. The topological polar surface area (TPSA) is 25.8 Å². The number of nitrogens with zero attached hydrogens (tertiary/aromatic N) is 2. The Labute approximate surface area is 102 Å². The van der Waals surface area contributed by atoms with E-state index in [1.54, 1.807) is 13.0 Å². The first-order valence-electron chi connectivity index (χ1n) is 4.52. The smallest absolute Gasteiger partial charge is 0.159 e. The van der Waals surface area contributed by atoms with E-state index >= 15 is 0 Å². The third-order valence-electron chi connectivity index (χ3n) is 2.07. The molecule has 1 heterocycles. The molecule has 0 fully saturated rings. The summed E-state index contributed by atoms with van der Waals surface area (Å²) < 4.78 is 13.2. The second kappa shape index (κ2) is 4.36. The maximum atomic E-state index is 13.2. The van der Waals surface area contributed by atoms with Crippen LogP contribution in [-0.2, 0) is 0 Å². The van der Waals surface area contributed by atoms with E-state index in [0.717, 1.165) is 5.56 Å². The van der Waals surface area contributed by atoms with Gasteiger partial charge in [-0.2, -0.15) is 0 Å². The van der Waals surface area contributed by atoms with E-state index in [0.29, 0.717) is 11.1 Å². The predicted octanol–water partition coefficient (Wildman–Crippen LogP) is 3.90. The third-order valence-corrected chi connectivity index (χ3v) is 2.54. The number of hydrogen-bond donors (Lipinski definition) is 0. The number of aromatic nitrogens is 2. The van der Waals surface area contributed by atoms with Crippen molar-refractivity contribution in [2.45, 2.75) is 6.92 Å². The van der Waals surface area contributed by atoms with Crippen LogP contribution in [0.1, 0.15) is 5.56 Å². The van der Waals surface area contributed by atoms with E-state index in [9.17, 15) is 4.39 Å². The van der Waals surface area contributed by atoms with Gasteiger partial charge in [0.1, 0.15) is 5.82 Å². The third kappa shape index (κ3) is 2.31. The Morgan fingerprint density at radius 1 is 1.06 bits per heavy atom. The van der Waals surface area contributed by atoms with E-state index in [4.69, 9.17) is 23.2 Å². The molecular weight excluding hydrogens is 250 g/mol. The van der Waals surface area contributed by atoms with Gasteiger partial charge in [0.15, 0.2) is 10.3 Å². The molecule has 0 aliphatic heterocycles. The molecule has 2 nitrogen and oxygen atoms in total. The van der Waals surface area contributed by atoms with Crippen LogP contribution in [0.3, 0.4) is 0 Å². The molecule has 2 aromatic rings. The Morgan fingerprint density at radius 2 is 1.81 bits per heavy atom.